The summed E-state index contributed by atoms with van der Waals surface area (Å²) >= 11 is 1.46. The molecule has 10 heteroatoms. The number of nitrogens with zero attached hydrogens (tertiary/aromatic N) is 4. The zero-order valence-corrected chi connectivity index (χ0v) is 20.4. The van der Waals surface area contributed by atoms with Crippen LogP contribution in [0, 0.1) is 0 Å². The molecule has 1 aliphatic carbocycles. The summed E-state index contributed by atoms with van der Waals surface area (Å²) in [6.07, 6.45) is 7.02. The fourth-order valence-corrected chi connectivity index (χ4v) is 5.91. The summed E-state index contributed by atoms with van der Waals surface area (Å²) < 4.78 is 13.9. The number of hydrogen-bond acceptors (Lipinski definition) is 8. The molecule has 4 heterocycles. The van der Waals surface area contributed by atoms with Gasteiger partial charge in [0.2, 0.25) is 5.91 Å². The van der Waals surface area contributed by atoms with Gasteiger partial charge in [-0.2, -0.15) is 0 Å². The number of rotatable bonds is 5. The SMILES string of the molecule is O=C(CN1CCN(Cc2cc(=O)n3ccsc3n2)CC1)Nc1ccc2c(c1)OC1(CCCCC1)O2. The van der Waals surface area contributed by atoms with Crippen LogP contribution < -0.4 is 20.3 Å². The highest BCUT2D eigenvalue weighted by Crippen LogP contribution is 2.46. The molecular formula is C25H29N5O4S. The highest BCUT2D eigenvalue weighted by atomic mass is 32.1. The van der Waals surface area contributed by atoms with Crippen molar-refractivity contribution < 1.29 is 14.3 Å². The summed E-state index contributed by atoms with van der Waals surface area (Å²) in [6, 6.07) is 7.25. The number of fused-ring (bicyclic) bond motifs is 2. The maximum atomic E-state index is 12.7. The zero-order valence-electron chi connectivity index (χ0n) is 19.6. The molecule has 0 atom stereocenters. The fourth-order valence-electron chi connectivity index (χ4n) is 5.17. The number of amides is 1. The Hall–Kier alpha value is -2.95. The van der Waals surface area contributed by atoms with Gasteiger partial charge in [-0.25, -0.2) is 4.98 Å². The first kappa shape index (κ1) is 22.5. The average molecular weight is 496 g/mol. The van der Waals surface area contributed by atoms with Crippen LogP contribution in [0.2, 0.25) is 0 Å². The van der Waals surface area contributed by atoms with Gasteiger partial charge in [0.15, 0.2) is 16.5 Å². The molecule has 184 valence electrons. The molecule has 0 unspecified atom stereocenters. The van der Waals surface area contributed by atoms with Gasteiger partial charge in [0.1, 0.15) is 0 Å². The Labute approximate surface area is 207 Å². The summed E-state index contributed by atoms with van der Waals surface area (Å²) in [5.41, 5.74) is 1.48. The molecule has 0 radical (unpaired) electrons. The van der Waals surface area contributed by atoms with E-state index in [-0.39, 0.29) is 11.5 Å². The Morgan fingerprint density at radius 1 is 1.03 bits per heavy atom. The number of thiazole rings is 1. The Bertz CT molecular complexity index is 1290. The van der Waals surface area contributed by atoms with Gasteiger partial charge >= 0.3 is 0 Å². The van der Waals surface area contributed by atoms with E-state index in [1.54, 1.807) is 16.7 Å². The lowest BCUT2D eigenvalue weighted by Gasteiger charge is -2.34. The zero-order chi connectivity index (χ0) is 23.8. The molecule has 9 nitrogen and oxygen atoms in total. The van der Waals surface area contributed by atoms with Crippen molar-refractivity contribution in [3.05, 3.63) is 51.9 Å². The molecule has 2 aromatic heterocycles. The van der Waals surface area contributed by atoms with E-state index in [0.29, 0.717) is 18.8 Å². The molecular weight excluding hydrogens is 466 g/mol. The Kier molecular flexibility index (Phi) is 5.95. The number of aromatic nitrogens is 2. The summed E-state index contributed by atoms with van der Waals surface area (Å²) in [5.74, 6) is 0.924. The van der Waals surface area contributed by atoms with E-state index in [1.807, 2.05) is 23.6 Å². The van der Waals surface area contributed by atoms with Gasteiger partial charge in [-0.15, -0.1) is 11.3 Å². The van der Waals surface area contributed by atoms with Gasteiger partial charge in [0.25, 0.3) is 11.3 Å². The molecule has 1 saturated heterocycles. The first-order valence-corrected chi connectivity index (χ1v) is 13.2. The molecule has 3 aliphatic rings. The summed E-state index contributed by atoms with van der Waals surface area (Å²) in [6.45, 7) is 4.21. The Balaban J connectivity index is 0.996. The minimum absolute atomic E-state index is 0.0393. The predicted molar refractivity (Wildman–Crippen MR) is 133 cm³/mol. The van der Waals surface area contributed by atoms with E-state index in [0.717, 1.165) is 74.0 Å². The standard InChI is InChI=1S/C25H29N5O4S/c31-22(26-18-4-5-20-21(14-18)34-25(33-20)6-2-1-3-7-25)17-29-10-8-28(9-11-29)16-19-15-23(32)30-12-13-35-24(30)27-19/h4-5,12-15H,1-3,6-11,16-17H2,(H,26,31). The summed E-state index contributed by atoms with van der Waals surface area (Å²) in [5, 5.41) is 4.88. The van der Waals surface area contributed by atoms with Crippen molar-refractivity contribution in [3.8, 4) is 11.5 Å². The van der Waals surface area contributed by atoms with Crippen molar-refractivity contribution in [1.29, 1.82) is 0 Å². The van der Waals surface area contributed by atoms with Gasteiger partial charge in [-0.05, 0) is 25.0 Å². The van der Waals surface area contributed by atoms with E-state index < -0.39 is 5.79 Å². The highest BCUT2D eigenvalue weighted by molar-refractivity contribution is 7.15. The van der Waals surface area contributed by atoms with E-state index in [9.17, 15) is 9.59 Å². The number of carbonyl (C=O) groups is 1. The first-order valence-electron chi connectivity index (χ1n) is 12.3. The molecule has 1 N–H and O–H groups in total. The van der Waals surface area contributed by atoms with Crippen LogP contribution in [-0.4, -0.2) is 63.6 Å². The van der Waals surface area contributed by atoms with Gasteiger partial charge in [-0.3, -0.25) is 23.8 Å². The maximum Gasteiger partial charge on any atom is 0.258 e. The molecule has 1 saturated carbocycles. The quantitative estimate of drug-likeness (QED) is 0.582. The number of piperazine rings is 1. The van der Waals surface area contributed by atoms with Crippen LogP contribution in [0.1, 0.15) is 37.8 Å². The van der Waals surface area contributed by atoms with Crippen LogP contribution in [0.15, 0.2) is 40.6 Å². The monoisotopic (exact) mass is 495 g/mol. The second-order valence-corrected chi connectivity index (χ2v) is 10.5. The lowest BCUT2D eigenvalue weighted by Crippen LogP contribution is -2.48. The molecule has 2 aliphatic heterocycles. The molecule has 1 spiro atoms. The molecule has 3 aromatic rings. The largest absolute Gasteiger partial charge is 0.448 e. The minimum atomic E-state index is -0.512. The molecule has 6 rings (SSSR count). The van der Waals surface area contributed by atoms with Crippen LogP contribution in [0.5, 0.6) is 11.5 Å². The third-order valence-electron chi connectivity index (χ3n) is 7.01. The van der Waals surface area contributed by atoms with Crippen LogP contribution in [0.3, 0.4) is 0 Å². The number of benzene rings is 1. The minimum Gasteiger partial charge on any atom is -0.448 e. The van der Waals surface area contributed by atoms with E-state index in [2.05, 4.69) is 20.1 Å². The second kappa shape index (κ2) is 9.25. The van der Waals surface area contributed by atoms with Crippen molar-refractivity contribution in [2.24, 2.45) is 0 Å². The summed E-state index contributed by atoms with van der Waals surface area (Å²) in [4.78, 5) is 34.7. The van der Waals surface area contributed by atoms with Crippen molar-refractivity contribution in [3.63, 3.8) is 0 Å². The van der Waals surface area contributed by atoms with E-state index >= 15 is 0 Å². The van der Waals surface area contributed by atoms with Crippen LogP contribution >= 0.6 is 11.3 Å². The third kappa shape index (κ3) is 4.78. The van der Waals surface area contributed by atoms with Crippen molar-refractivity contribution >= 4 is 27.9 Å². The van der Waals surface area contributed by atoms with Crippen molar-refractivity contribution in [2.75, 3.05) is 38.0 Å². The first-order chi connectivity index (χ1) is 17.1. The maximum absolute atomic E-state index is 12.7. The van der Waals surface area contributed by atoms with Gasteiger partial charge in [0.05, 0.1) is 12.2 Å². The van der Waals surface area contributed by atoms with Crippen LogP contribution in [-0.2, 0) is 11.3 Å². The third-order valence-corrected chi connectivity index (χ3v) is 7.77. The Morgan fingerprint density at radius 3 is 2.63 bits per heavy atom. The lowest BCUT2D eigenvalue weighted by atomic mass is 9.94. The number of carbonyl (C=O) groups excluding carboxylic acids is 1. The van der Waals surface area contributed by atoms with Crippen molar-refractivity contribution in [2.45, 2.75) is 44.4 Å². The molecule has 1 aromatic carbocycles. The number of hydrogen-bond donors (Lipinski definition) is 1. The van der Waals surface area contributed by atoms with Crippen molar-refractivity contribution in [1.82, 2.24) is 19.2 Å². The highest BCUT2D eigenvalue weighted by Gasteiger charge is 2.42. The topological polar surface area (TPSA) is 88.4 Å². The van der Waals surface area contributed by atoms with Crippen LogP contribution in [0.25, 0.3) is 4.96 Å². The molecule has 35 heavy (non-hydrogen) atoms. The van der Waals surface area contributed by atoms with Crippen LogP contribution in [0.4, 0.5) is 5.69 Å². The second-order valence-electron chi connectivity index (χ2n) is 9.58. The summed E-state index contributed by atoms with van der Waals surface area (Å²) in [7, 11) is 0. The van der Waals surface area contributed by atoms with Gasteiger partial charge in [-0.1, -0.05) is 6.42 Å². The molecule has 1 amide bonds. The van der Waals surface area contributed by atoms with E-state index in [4.69, 9.17) is 9.47 Å². The smallest absolute Gasteiger partial charge is 0.258 e. The normalized spacial score (nSPS) is 19.9. The number of anilines is 1. The van der Waals surface area contributed by atoms with Gasteiger partial charge in [0, 0.05) is 75.0 Å². The van der Waals surface area contributed by atoms with Gasteiger partial charge < -0.3 is 14.8 Å². The average Bonchev–Trinajstić information content (AvgIpc) is 3.45. The lowest BCUT2D eigenvalue weighted by molar-refractivity contribution is -0.117. The number of nitrogens with one attached hydrogen (secondary N) is 1. The molecule has 0 bridgehead atoms. The molecule has 2 fully saturated rings. The predicted octanol–water partition coefficient (Wildman–Crippen LogP) is 2.94. The fraction of sp³-hybridized carbons (Fsp3) is 0.480. The number of ether oxygens (including phenoxy) is 2. The van der Waals surface area contributed by atoms with E-state index in [1.165, 1.54) is 17.8 Å². The Morgan fingerprint density at radius 2 is 1.80 bits per heavy atom.